The summed E-state index contributed by atoms with van der Waals surface area (Å²) in [4.78, 5) is 61.5. The van der Waals surface area contributed by atoms with Gasteiger partial charge in [-0.1, -0.05) is 43.3 Å². The van der Waals surface area contributed by atoms with E-state index in [1.54, 1.807) is 17.9 Å². The van der Waals surface area contributed by atoms with Gasteiger partial charge in [-0.25, -0.2) is 4.39 Å². The molecule has 280 valence electrons. The van der Waals surface area contributed by atoms with Gasteiger partial charge in [0.25, 0.3) is 11.8 Å². The van der Waals surface area contributed by atoms with Crippen LogP contribution in [0.25, 0.3) is 0 Å². The van der Waals surface area contributed by atoms with Crippen molar-refractivity contribution in [2.45, 2.75) is 69.9 Å². The third-order valence-corrected chi connectivity index (χ3v) is 10.8. The van der Waals surface area contributed by atoms with Crippen molar-refractivity contribution in [2.75, 3.05) is 40.3 Å². The monoisotopic (exact) mass is 743 g/mol. The number of amides is 3. The van der Waals surface area contributed by atoms with E-state index in [4.69, 9.17) is 4.74 Å². The zero-order valence-electron chi connectivity index (χ0n) is 29.6. The molecule has 5 rings (SSSR count). The molecule has 52 heavy (non-hydrogen) atoms. The number of hydrogen-bond donors (Lipinski definition) is 2. The maximum atomic E-state index is 15.8. The zero-order chi connectivity index (χ0) is 37.6. The van der Waals surface area contributed by atoms with Gasteiger partial charge >= 0.3 is 5.92 Å². The summed E-state index contributed by atoms with van der Waals surface area (Å²) in [7, 11) is 3.24. The number of carbonyl (C=O) groups excluding carboxylic acids is 4. The van der Waals surface area contributed by atoms with Crippen LogP contribution in [0.1, 0.15) is 71.8 Å². The second-order valence-electron chi connectivity index (χ2n) is 13.8. The Hall–Kier alpha value is -4.44. The number of nitrogens with one attached hydrogen (secondary N) is 2. The van der Waals surface area contributed by atoms with E-state index in [9.17, 15) is 19.2 Å². The number of methoxy groups -OCH3 is 1. The number of alkyl halides is 2. The number of likely N-dealkylation sites (N-methyl/N-ethyl adjacent to an activating group) is 1. The van der Waals surface area contributed by atoms with Gasteiger partial charge in [-0.3, -0.25) is 24.2 Å². The molecule has 12 nitrogen and oxygen atoms in total. The first-order valence-corrected chi connectivity index (χ1v) is 18.1. The maximum absolute atomic E-state index is 15.8. The number of aromatic nitrogens is 3. The molecule has 0 spiro atoms. The molecule has 0 unspecified atom stereocenters. The van der Waals surface area contributed by atoms with Crippen LogP contribution in [0.2, 0.25) is 0 Å². The Balaban J connectivity index is 1.35. The summed E-state index contributed by atoms with van der Waals surface area (Å²) < 4.78 is 55.4. The van der Waals surface area contributed by atoms with Crippen LogP contribution in [0.15, 0.2) is 42.9 Å². The van der Waals surface area contributed by atoms with Gasteiger partial charge in [-0.2, -0.15) is 8.78 Å². The molecule has 2 fully saturated rings. The lowest BCUT2D eigenvalue weighted by Crippen LogP contribution is -2.55. The van der Waals surface area contributed by atoms with Gasteiger partial charge in [0.1, 0.15) is 22.5 Å². The average Bonchev–Trinajstić information content (AvgIpc) is 3.69. The minimum absolute atomic E-state index is 0.00912. The standard InChI is InChI=1S/C36H44F3N7O5S/c1-21-5-7-23(8-6-21)32(43-35(50)36(38,39)26-17-27(51-4)19-40-18-26)29(47)16-25-10-9-24(15-28(25)37)22(2)31(42-33(48)30-20-41-44-52-30)34(49)46-13-11-45(3)12-14-46/h9-10,15,17-23,31-32H,5-8,11-14,16H2,1-4H3,(H,42,48)(H,43,50)/t21?,22-,23?,31+,32-/m0/s1. The minimum atomic E-state index is -4.02. The predicted molar refractivity (Wildman–Crippen MR) is 187 cm³/mol. The first-order valence-electron chi connectivity index (χ1n) is 17.3. The molecule has 1 aromatic carbocycles. The normalized spacial score (nSPS) is 20.0. The van der Waals surface area contributed by atoms with Crippen molar-refractivity contribution in [1.29, 1.82) is 0 Å². The smallest absolute Gasteiger partial charge is 0.351 e. The number of piperazine rings is 1. The molecular formula is C36H44F3N7O5S. The minimum Gasteiger partial charge on any atom is -0.495 e. The summed E-state index contributed by atoms with van der Waals surface area (Å²) >= 11 is 0.883. The van der Waals surface area contributed by atoms with E-state index < -0.39 is 65.2 Å². The maximum Gasteiger partial charge on any atom is 0.351 e. The number of nitrogens with zero attached hydrogens (tertiary/aromatic N) is 5. The van der Waals surface area contributed by atoms with Gasteiger partial charge in [0.15, 0.2) is 5.78 Å². The number of ketones is 1. The van der Waals surface area contributed by atoms with Crippen LogP contribution in [-0.4, -0.2) is 100 Å². The number of hydrogen-bond acceptors (Lipinski definition) is 10. The molecule has 1 aliphatic carbocycles. The molecule has 2 aliphatic rings. The number of ether oxygens (including phenoxy) is 1. The molecule has 3 amide bonds. The molecular weight excluding hydrogens is 700 g/mol. The van der Waals surface area contributed by atoms with Crippen molar-refractivity contribution in [1.82, 2.24) is 35.0 Å². The fraction of sp³-hybridized carbons (Fsp3) is 0.528. The summed E-state index contributed by atoms with van der Waals surface area (Å²) in [5.41, 5.74) is -0.274. The molecule has 2 aromatic heterocycles. The van der Waals surface area contributed by atoms with Crippen molar-refractivity contribution in [3.05, 3.63) is 70.2 Å². The van der Waals surface area contributed by atoms with Gasteiger partial charge in [-0.15, -0.1) is 5.10 Å². The van der Waals surface area contributed by atoms with E-state index in [1.165, 1.54) is 31.6 Å². The van der Waals surface area contributed by atoms with Crippen LogP contribution >= 0.6 is 11.5 Å². The van der Waals surface area contributed by atoms with E-state index in [0.29, 0.717) is 50.5 Å². The van der Waals surface area contributed by atoms with E-state index in [2.05, 4.69) is 37.0 Å². The van der Waals surface area contributed by atoms with Crippen molar-refractivity contribution in [3.8, 4) is 5.75 Å². The third-order valence-electron chi connectivity index (χ3n) is 10.2. The SMILES string of the molecule is COc1cncc(C(F)(F)C(=O)N[C@H](C(=O)Cc2ccc([C@H](C)[C@@H](NC(=O)c3cnns3)C(=O)N3CCN(C)CC3)cc2F)C2CCC(C)CC2)c1. The lowest BCUT2D eigenvalue weighted by molar-refractivity contribution is -0.150. The summed E-state index contributed by atoms with van der Waals surface area (Å²) in [5.74, 6) is -8.52. The Kier molecular flexibility index (Phi) is 12.6. The van der Waals surface area contributed by atoms with Crippen molar-refractivity contribution < 1.29 is 37.1 Å². The van der Waals surface area contributed by atoms with E-state index in [-0.39, 0.29) is 22.1 Å². The molecule has 1 aliphatic heterocycles. The summed E-state index contributed by atoms with van der Waals surface area (Å²) in [6.07, 6.45) is 5.53. The van der Waals surface area contributed by atoms with Crippen LogP contribution < -0.4 is 15.4 Å². The molecule has 2 N–H and O–H groups in total. The molecule has 3 aromatic rings. The fourth-order valence-corrected chi connectivity index (χ4v) is 7.15. The van der Waals surface area contributed by atoms with E-state index in [1.807, 2.05) is 7.05 Å². The van der Waals surface area contributed by atoms with Crippen molar-refractivity contribution in [2.24, 2.45) is 11.8 Å². The lowest BCUT2D eigenvalue weighted by Gasteiger charge is -2.36. The Morgan fingerprint density at radius 3 is 2.37 bits per heavy atom. The highest BCUT2D eigenvalue weighted by atomic mass is 32.1. The highest BCUT2D eigenvalue weighted by molar-refractivity contribution is 7.07. The topological polar surface area (TPSA) is 147 Å². The van der Waals surface area contributed by atoms with Crippen LogP contribution in [-0.2, 0) is 26.7 Å². The molecule has 3 atom stereocenters. The lowest BCUT2D eigenvalue weighted by atomic mass is 9.77. The highest BCUT2D eigenvalue weighted by Gasteiger charge is 2.45. The quantitative estimate of drug-likeness (QED) is 0.266. The fourth-order valence-electron chi connectivity index (χ4n) is 6.73. The third kappa shape index (κ3) is 9.13. The highest BCUT2D eigenvalue weighted by Crippen LogP contribution is 2.34. The number of rotatable bonds is 13. The Morgan fingerprint density at radius 2 is 1.73 bits per heavy atom. The Morgan fingerprint density at radius 1 is 1.02 bits per heavy atom. The molecule has 1 saturated carbocycles. The second-order valence-corrected chi connectivity index (χ2v) is 14.6. The summed E-state index contributed by atoms with van der Waals surface area (Å²) in [6, 6.07) is 2.92. The first kappa shape index (κ1) is 38.8. The number of carbonyl (C=O) groups is 4. The molecule has 0 radical (unpaired) electrons. The van der Waals surface area contributed by atoms with Crippen LogP contribution in [0, 0.1) is 17.7 Å². The molecule has 0 bridgehead atoms. The predicted octanol–water partition coefficient (Wildman–Crippen LogP) is 3.97. The number of benzene rings is 1. The Bertz CT molecular complexity index is 1730. The number of halogens is 3. The first-order chi connectivity index (χ1) is 24.8. The largest absolute Gasteiger partial charge is 0.495 e. The second kappa shape index (κ2) is 16.9. The van der Waals surface area contributed by atoms with Gasteiger partial charge in [0, 0.05) is 44.7 Å². The number of Topliss-reactive ketones (excluding diaryl/α,β-unsaturated/α-hetero) is 1. The van der Waals surface area contributed by atoms with Crippen LogP contribution in [0.4, 0.5) is 13.2 Å². The Labute approximate surface area is 304 Å². The molecule has 16 heteroatoms. The van der Waals surface area contributed by atoms with E-state index >= 15 is 13.2 Å². The van der Waals surface area contributed by atoms with Crippen molar-refractivity contribution >= 4 is 35.0 Å². The van der Waals surface area contributed by atoms with Crippen LogP contribution in [0.5, 0.6) is 5.75 Å². The van der Waals surface area contributed by atoms with Gasteiger partial charge in [-0.05, 0) is 66.5 Å². The van der Waals surface area contributed by atoms with Gasteiger partial charge < -0.3 is 25.2 Å². The van der Waals surface area contributed by atoms with Crippen LogP contribution in [0.3, 0.4) is 0 Å². The van der Waals surface area contributed by atoms with Crippen molar-refractivity contribution in [3.63, 3.8) is 0 Å². The van der Waals surface area contributed by atoms with Gasteiger partial charge in [0.2, 0.25) is 5.91 Å². The zero-order valence-corrected chi connectivity index (χ0v) is 30.4. The average molecular weight is 744 g/mol. The van der Waals surface area contributed by atoms with Gasteiger partial charge in [0.05, 0.1) is 31.1 Å². The molecule has 1 saturated heterocycles. The summed E-state index contributed by atoms with van der Waals surface area (Å²) in [5, 5.41) is 8.80. The summed E-state index contributed by atoms with van der Waals surface area (Å²) in [6.45, 7) is 6.02. The molecule has 3 heterocycles. The van der Waals surface area contributed by atoms with E-state index in [0.717, 1.165) is 36.6 Å². The number of pyridine rings is 1.